The third-order valence-corrected chi connectivity index (χ3v) is 4.14. The lowest BCUT2D eigenvalue weighted by Gasteiger charge is -2.19. The first-order valence-corrected chi connectivity index (χ1v) is 7.66. The van der Waals surface area contributed by atoms with E-state index in [9.17, 15) is 14.9 Å². The van der Waals surface area contributed by atoms with Crippen LogP contribution in [-0.4, -0.2) is 10.8 Å². The molecule has 2 aromatic rings. The summed E-state index contributed by atoms with van der Waals surface area (Å²) in [6, 6.07) is 13.9. The summed E-state index contributed by atoms with van der Waals surface area (Å²) in [4.78, 5) is 22.8. The molecule has 2 aromatic carbocycles. The first kappa shape index (κ1) is 15.2. The number of carbonyl (C=O) groups excluding carboxylic acids is 1. The summed E-state index contributed by atoms with van der Waals surface area (Å²) < 4.78 is 0. The molecule has 118 valence electrons. The van der Waals surface area contributed by atoms with Gasteiger partial charge in [-0.15, -0.1) is 0 Å². The number of nitrogens with zero attached hydrogens (tertiary/aromatic N) is 1. The quantitative estimate of drug-likeness (QED) is 0.674. The number of nitro benzene ring substituents is 1. The van der Waals surface area contributed by atoms with Crippen molar-refractivity contribution in [2.45, 2.75) is 25.8 Å². The molecule has 0 aliphatic heterocycles. The molecule has 1 aliphatic rings. The number of benzene rings is 2. The fraction of sp³-hybridized carbons (Fsp3) is 0.278. The highest BCUT2D eigenvalue weighted by molar-refractivity contribution is 5.95. The van der Waals surface area contributed by atoms with E-state index in [1.807, 2.05) is 31.2 Å². The summed E-state index contributed by atoms with van der Waals surface area (Å²) in [5.41, 5.74) is 2.50. The predicted octanol–water partition coefficient (Wildman–Crippen LogP) is 3.78. The van der Waals surface area contributed by atoms with Gasteiger partial charge in [0.05, 0.1) is 11.0 Å². The fourth-order valence-corrected chi connectivity index (χ4v) is 2.66. The van der Waals surface area contributed by atoms with Crippen LogP contribution in [0.25, 0.3) is 0 Å². The topological polar surface area (TPSA) is 72.2 Å². The lowest BCUT2D eigenvalue weighted by Crippen LogP contribution is -2.29. The number of aryl methyl sites for hydroxylation is 1. The molecular weight excluding hydrogens is 292 g/mol. The van der Waals surface area contributed by atoms with Gasteiger partial charge >= 0.3 is 0 Å². The van der Waals surface area contributed by atoms with Crippen LogP contribution < -0.4 is 5.32 Å². The third-order valence-electron chi connectivity index (χ3n) is 4.14. The molecule has 1 saturated carbocycles. The average Bonchev–Trinajstić information content (AvgIpc) is 3.38. The molecule has 5 heteroatoms. The second-order valence-corrected chi connectivity index (χ2v) is 6.01. The number of rotatable bonds is 5. The zero-order chi connectivity index (χ0) is 16.4. The van der Waals surface area contributed by atoms with Gasteiger partial charge in [-0.2, -0.15) is 0 Å². The van der Waals surface area contributed by atoms with Crippen LogP contribution in [0, 0.1) is 23.0 Å². The zero-order valence-corrected chi connectivity index (χ0v) is 12.9. The van der Waals surface area contributed by atoms with Gasteiger partial charge < -0.3 is 5.32 Å². The molecule has 1 atom stereocenters. The van der Waals surface area contributed by atoms with E-state index in [-0.39, 0.29) is 17.6 Å². The van der Waals surface area contributed by atoms with Crippen molar-refractivity contribution in [2.75, 3.05) is 0 Å². The molecule has 5 nitrogen and oxygen atoms in total. The van der Waals surface area contributed by atoms with Gasteiger partial charge in [-0.3, -0.25) is 14.9 Å². The Hall–Kier alpha value is -2.69. The summed E-state index contributed by atoms with van der Waals surface area (Å²) in [5, 5.41) is 13.9. The molecule has 3 rings (SSSR count). The summed E-state index contributed by atoms with van der Waals surface area (Å²) >= 11 is 0. The van der Waals surface area contributed by atoms with Crippen LogP contribution in [-0.2, 0) is 0 Å². The number of nitro groups is 1. The Morgan fingerprint density at radius 2 is 1.91 bits per heavy atom. The Balaban J connectivity index is 1.80. The number of carbonyl (C=O) groups is 1. The minimum atomic E-state index is -0.491. The van der Waals surface area contributed by atoms with Crippen molar-refractivity contribution in [2.24, 2.45) is 5.92 Å². The Bertz CT molecular complexity index is 736. The SMILES string of the molecule is Cc1ccc(C(NC(=O)c2cccc([N+](=O)[O-])c2)C2CC2)cc1. The van der Waals surface area contributed by atoms with Crippen molar-refractivity contribution in [1.29, 1.82) is 0 Å². The molecule has 0 heterocycles. The second kappa shape index (κ2) is 6.20. The second-order valence-electron chi connectivity index (χ2n) is 6.01. The summed E-state index contributed by atoms with van der Waals surface area (Å²) in [5.74, 6) is 0.173. The fourth-order valence-electron chi connectivity index (χ4n) is 2.66. The van der Waals surface area contributed by atoms with E-state index in [0.717, 1.165) is 18.4 Å². The highest BCUT2D eigenvalue weighted by Gasteiger charge is 2.33. The number of hydrogen-bond acceptors (Lipinski definition) is 3. The number of amides is 1. The Kier molecular flexibility index (Phi) is 4.10. The highest BCUT2D eigenvalue weighted by Crippen LogP contribution is 2.41. The molecule has 0 saturated heterocycles. The number of hydrogen-bond donors (Lipinski definition) is 1. The van der Waals surface area contributed by atoms with Crippen LogP contribution in [0.4, 0.5) is 5.69 Å². The maximum absolute atomic E-state index is 12.5. The van der Waals surface area contributed by atoms with Gasteiger partial charge in [0.25, 0.3) is 11.6 Å². The zero-order valence-electron chi connectivity index (χ0n) is 12.9. The van der Waals surface area contributed by atoms with Crippen molar-refractivity contribution in [3.8, 4) is 0 Å². The molecule has 0 radical (unpaired) electrons. The van der Waals surface area contributed by atoms with Gasteiger partial charge in [-0.1, -0.05) is 35.9 Å². The molecule has 0 spiro atoms. The van der Waals surface area contributed by atoms with Gasteiger partial charge in [0.15, 0.2) is 0 Å². The smallest absolute Gasteiger partial charge is 0.270 e. The Morgan fingerprint density at radius 1 is 1.22 bits per heavy atom. The molecule has 23 heavy (non-hydrogen) atoms. The summed E-state index contributed by atoms with van der Waals surface area (Å²) in [6.07, 6.45) is 2.18. The van der Waals surface area contributed by atoms with Crippen LogP contribution in [0.3, 0.4) is 0 Å². The number of non-ortho nitro benzene ring substituents is 1. The normalized spacial score (nSPS) is 15.0. The van der Waals surface area contributed by atoms with E-state index in [2.05, 4.69) is 5.32 Å². The Labute approximate surface area is 134 Å². The van der Waals surface area contributed by atoms with E-state index in [1.54, 1.807) is 6.07 Å². The van der Waals surface area contributed by atoms with E-state index < -0.39 is 4.92 Å². The standard InChI is InChI=1S/C18H18N2O3/c1-12-5-7-13(8-6-12)17(14-9-10-14)19-18(21)15-3-2-4-16(11-15)20(22)23/h2-8,11,14,17H,9-10H2,1H3,(H,19,21). The first-order valence-electron chi connectivity index (χ1n) is 7.66. The van der Waals surface area contributed by atoms with Crippen molar-refractivity contribution in [1.82, 2.24) is 5.32 Å². The van der Waals surface area contributed by atoms with Gasteiger partial charge in [0, 0.05) is 17.7 Å². The van der Waals surface area contributed by atoms with Crippen molar-refractivity contribution < 1.29 is 9.72 Å². The summed E-state index contributed by atoms with van der Waals surface area (Å²) in [6.45, 7) is 2.03. The highest BCUT2D eigenvalue weighted by atomic mass is 16.6. The minimum Gasteiger partial charge on any atom is -0.345 e. The van der Waals surface area contributed by atoms with E-state index in [0.29, 0.717) is 11.5 Å². The van der Waals surface area contributed by atoms with Crippen molar-refractivity contribution in [3.05, 3.63) is 75.3 Å². The van der Waals surface area contributed by atoms with Gasteiger partial charge in [-0.25, -0.2) is 0 Å². The van der Waals surface area contributed by atoms with Crippen LogP contribution in [0.15, 0.2) is 48.5 Å². The molecular formula is C18H18N2O3. The van der Waals surface area contributed by atoms with Gasteiger partial charge in [-0.05, 0) is 37.3 Å². The third kappa shape index (κ3) is 3.56. The molecule has 0 bridgehead atoms. The molecule has 1 fully saturated rings. The lowest BCUT2D eigenvalue weighted by atomic mass is 10.0. The van der Waals surface area contributed by atoms with E-state index in [1.165, 1.54) is 23.8 Å². The van der Waals surface area contributed by atoms with Gasteiger partial charge in [0.1, 0.15) is 0 Å². The molecule has 0 aromatic heterocycles. The van der Waals surface area contributed by atoms with Crippen LogP contribution in [0.5, 0.6) is 0 Å². The maximum Gasteiger partial charge on any atom is 0.270 e. The van der Waals surface area contributed by atoms with E-state index >= 15 is 0 Å². The van der Waals surface area contributed by atoms with Gasteiger partial charge in [0.2, 0.25) is 0 Å². The van der Waals surface area contributed by atoms with Crippen LogP contribution in [0.2, 0.25) is 0 Å². The molecule has 1 unspecified atom stereocenters. The average molecular weight is 310 g/mol. The minimum absolute atomic E-state index is 0.0395. The predicted molar refractivity (Wildman–Crippen MR) is 87.2 cm³/mol. The van der Waals surface area contributed by atoms with Crippen LogP contribution in [0.1, 0.15) is 40.4 Å². The first-order chi connectivity index (χ1) is 11.0. The number of nitrogens with one attached hydrogen (secondary N) is 1. The van der Waals surface area contributed by atoms with Crippen molar-refractivity contribution >= 4 is 11.6 Å². The molecule has 1 amide bonds. The monoisotopic (exact) mass is 310 g/mol. The van der Waals surface area contributed by atoms with Crippen LogP contribution >= 0.6 is 0 Å². The Morgan fingerprint density at radius 3 is 2.52 bits per heavy atom. The molecule has 1 aliphatic carbocycles. The summed E-state index contributed by atoms with van der Waals surface area (Å²) in [7, 11) is 0. The van der Waals surface area contributed by atoms with Crippen molar-refractivity contribution in [3.63, 3.8) is 0 Å². The largest absolute Gasteiger partial charge is 0.345 e. The molecule has 1 N–H and O–H groups in total. The maximum atomic E-state index is 12.5. The lowest BCUT2D eigenvalue weighted by molar-refractivity contribution is -0.384. The van der Waals surface area contributed by atoms with E-state index in [4.69, 9.17) is 0 Å².